The van der Waals surface area contributed by atoms with Gasteiger partial charge in [0.25, 0.3) is 0 Å². The fraction of sp³-hybridized carbons (Fsp3) is 0.333. The van der Waals surface area contributed by atoms with Gasteiger partial charge in [0, 0.05) is 17.8 Å². The predicted molar refractivity (Wildman–Crippen MR) is 100 cm³/mol. The van der Waals surface area contributed by atoms with E-state index in [9.17, 15) is 4.21 Å². The van der Waals surface area contributed by atoms with Crippen LogP contribution in [0.15, 0.2) is 48.5 Å². The normalized spacial score (nSPS) is 14.3. The van der Waals surface area contributed by atoms with Gasteiger partial charge in [-0.15, -0.1) is 0 Å². The predicted octanol–water partition coefficient (Wildman–Crippen LogP) is 4.52. The second kappa shape index (κ2) is 7.47. The number of nitrogens with one attached hydrogen (secondary N) is 2. The summed E-state index contributed by atoms with van der Waals surface area (Å²) in [4.78, 5) is 0. The molecule has 0 spiro atoms. The van der Waals surface area contributed by atoms with Crippen molar-refractivity contribution in [2.45, 2.75) is 31.6 Å². The lowest BCUT2D eigenvalue weighted by Gasteiger charge is -2.26. The highest BCUT2D eigenvalue weighted by atomic mass is 35.5. The first-order valence-corrected chi connectivity index (χ1v) is 9.06. The SMILES string of the molecule is CNc1ccc(Cl)cc1[C@@H](N[S@](=O)C(C)(C)C)c1ccccc1. The van der Waals surface area contributed by atoms with Gasteiger partial charge in [-0.3, -0.25) is 0 Å². The monoisotopic (exact) mass is 350 g/mol. The fourth-order valence-corrected chi connectivity index (χ4v) is 3.25. The van der Waals surface area contributed by atoms with Crippen molar-refractivity contribution in [1.82, 2.24) is 4.72 Å². The van der Waals surface area contributed by atoms with Crippen molar-refractivity contribution in [2.75, 3.05) is 12.4 Å². The first-order chi connectivity index (χ1) is 10.8. The molecule has 0 aromatic heterocycles. The van der Waals surface area contributed by atoms with Crippen molar-refractivity contribution in [3.05, 3.63) is 64.7 Å². The van der Waals surface area contributed by atoms with Crippen molar-refractivity contribution >= 4 is 28.3 Å². The molecule has 0 heterocycles. The third-order valence-electron chi connectivity index (χ3n) is 3.51. The Labute approximate surface area is 146 Å². The lowest BCUT2D eigenvalue weighted by Crippen LogP contribution is -2.36. The molecule has 0 amide bonds. The standard InChI is InChI=1S/C18H23ClN2OS/c1-18(2,3)23(22)21-17(13-8-6-5-7-9-13)15-12-14(19)10-11-16(15)20-4/h5-12,17,20-21H,1-4H3/t17-,23+/m0/s1. The molecule has 23 heavy (non-hydrogen) atoms. The summed E-state index contributed by atoms with van der Waals surface area (Å²) in [5, 5.41) is 3.84. The third kappa shape index (κ3) is 4.56. The molecule has 2 aromatic rings. The van der Waals surface area contributed by atoms with Gasteiger partial charge in [0.2, 0.25) is 0 Å². The second-order valence-electron chi connectivity index (χ2n) is 6.32. The summed E-state index contributed by atoms with van der Waals surface area (Å²) in [6.07, 6.45) is 0. The molecule has 124 valence electrons. The van der Waals surface area contributed by atoms with E-state index in [-0.39, 0.29) is 10.8 Å². The van der Waals surface area contributed by atoms with Crippen LogP contribution in [0.2, 0.25) is 5.02 Å². The van der Waals surface area contributed by atoms with Crippen LogP contribution in [-0.2, 0) is 11.0 Å². The maximum absolute atomic E-state index is 12.7. The smallest absolute Gasteiger partial charge is 0.0979 e. The summed E-state index contributed by atoms with van der Waals surface area (Å²) >= 11 is 6.20. The van der Waals surface area contributed by atoms with Crippen molar-refractivity contribution in [1.29, 1.82) is 0 Å². The van der Waals surface area contributed by atoms with Gasteiger partial charge in [-0.2, -0.15) is 0 Å². The van der Waals surface area contributed by atoms with E-state index in [4.69, 9.17) is 11.6 Å². The van der Waals surface area contributed by atoms with Crippen molar-refractivity contribution in [3.8, 4) is 0 Å². The van der Waals surface area contributed by atoms with Crippen LogP contribution in [0.25, 0.3) is 0 Å². The largest absolute Gasteiger partial charge is 0.388 e. The number of benzene rings is 2. The molecule has 0 aliphatic carbocycles. The highest BCUT2D eigenvalue weighted by Crippen LogP contribution is 2.32. The Morgan fingerprint density at radius 2 is 1.74 bits per heavy atom. The zero-order valence-corrected chi connectivity index (χ0v) is 15.5. The molecule has 0 saturated heterocycles. The van der Waals surface area contributed by atoms with Crippen LogP contribution in [0.4, 0.5) is 5.69 Å². The zero-order valence-electron chi connectivity index (χ0n) is 13.9. The van der Waals surface area contributed by atoms with Gasteiger partial charge in [0.05, 0.1) is 21.8 Å². The van der Waals surface area contributed by atoms with Crippen molar-refractivity contribution < 1.29 is 4.21 Å². The number of halogens is 1. The van der Waals surface area contributed by atoms with Gasteiger partial charge in [0.1, 0.15) is 0 Å². The molecule has 0 bridgehead atoms. The molecule has 3 nitrogen and oxygen atoms in total. The summed E-state index contributed by atoms with van der Waals surface area (Å²) in [7, 11) is 0.664. The second-order valence-corrected chi connectivity index (χ2v) is 8.76. The van der Waals surface area contributed by atoms with Gasteiger partial charge in [0.15, 0.2) is 0 Å². The fourth-order valence-electron chi connectivity index (χ4n) is 2.24. The number of hydrogen-bond donors (Lipinski definition) is 2. The Kier molecular flexibility index (Phi) is 5.84. The van der Waals surface area contributed by atoms with Gasteiger partial charge in [-0.1, -0.05) is 41.9 Å². The van der Waals surface area contributed by atoms with Crippen LogP contribution in [0, 0.1) is 0 Å². The van der Waals surface area contributed by atoms with E-state index in [0.717, 1.165) is 16.8 Å². The van der Waals surface area contributed by atoms with Gasteiger partial charge in [-0.25, -0.2) is 8.93 Å². The molecule has 0 unspecified atom stereocenters. The molecule has 2 rings (SSSR count). The number of rotatable bonds is 5. The maximum atomic E-state index is 12.7. The molecular formula is C18H23ClN2OS. The van der Waals surface area contributed by atoms with Gasteiger partial charge >= 0.3 is 0 Å². The van der Waals surface area contributed by atoms with Crippen LogP contribution >= 0.6 is 11.6 Å². The lowest BCUT2D eigenvalue weighted by molar-refractivity contribution is 0.624. The van der Waals surface area contributed by atoms with Crippen molar-refractivity contribution in [3.63, 3.8) is 0 Å². The Morgan fingerprint density at radius 3 is 2.30 bits per heavy atom. The first-order valence-electron chi connectivity index (χ1n) is 7.53. The summed E-state index contributed by atoms with van der Waals surface area (Å²) in [6, 6.07) is 15.5. The average Bonchev–Trinajstić information content (AvgIpc) is 2.52. The minimum atomic E-state index is -1.21. The Morgan fingerprint density at radius 1 is 1.09 bits per heavy atom. The van der Waals surface area contributed by atoms with Crippen LogP contribution in [0.5, 0.6) is 0 Å². The molecule has 0 saturated carbocycles. The molecular weight excluding hydrogens is 328 g/mol. The maximum Gasteiger partial charge on any atom is 0.0979 e. The Balaban J connectivity index is 2.50. The topological polar surface area (TPSA) is 41.1 Å². The molecule has 0 aliphatic heterocycles. The van der Waals surface area contributed by atoms with E-state index >= 15 is 0 Å². The minimum Gasteiger partial charge on any atom is -0.388 e. The van der Waals surface area contributed by atoms with Gasteiger partial charge < -0.3 is 5.32 Å². The van der Waals surface area contributed by atoms with Gasteiger partial charge in [-0.05, 0) is 50.1 Å². The summed E-state index contributed by atoms with van der Waals surface area (Å²) in [5.74, 6) is 0. The molecule has 2 N–H and O–H groups in total. The van der Waals surface area contributed by atoms with E-state index in [0.29, 0.717) is 5.02 Å². The molecule has 2 atom stereocenters. The molecule has 0 fully saturated rings. The summed E-state index contributed by atoms with van der Waals surface area (Å²) < 4.78 is 15.6. The van der Waals surface area contributed by atoms with Crippen LogP contribution in [-0.4, -0.2) is 16.0 Å². The summed E-state index contributed by atoms with van der Waals surface area (Å²) in [6.45, 7) is 5.86. The first kappa shape index (κ1) is 18.0. The molecule has 2 aromatic carbocycles. The van der Waals surface area contributed by atoms with Crippen molar-refractivity contribution in [2.24, 2.45) is 0 Å². The molecule has 5 heteroatoms. The van der Waals surface area contributed by atoms with Crippen LogP contribution < -0.4 is 10.0 Å². The number of hydrogen-bond acceptors (Lipinski definition) is 2. The zero-order chi connectivity index (χ0) is 17.0. The average molecular weight is 351 g/mol. The molecule has 0 aliphatic rings. The number of anilines is 1. The highest BCUT2D eigenvalue weighted by Gasteiger charge is 2.26. The van der Waals surface area contributed by atoms with Crippen LogP contribution in [0.1, 0.15) is 37.9 Å². The van der Waals surface area contributed by atoms with E-state index in [1.165, 1.54) is 0 Å². The Bertz CT molecular complexity index is 683. The van der Waals surface area contributed by atoms with E-state index in [1.807, 2.05) is 76.3 Å². The lowest BCUT2D eigenvalue weighted by atomic mass is 9.98. The quantitative estimate of drug-likeness (QED) is 0.832. The van der Waals surface area contributed by atoms with E-state index in [1.54, 1.807) is 0 Å². The highest BCUT2D eigenvalue weighted by molar-refractivity contribution is 7.84. The summed E-state index contributed by atoms with van der Waals surface area (Å²) in [5.41, 5.74) is 2.98. The minimum absolute atomic E-state index is 0.211. The Hall–Kier alpha value is -1.36. The van der Waals surface area contributed by atoms with E-state index in [2.05, 4.69) is 10.0 Å². The molecule has 0 radical (unpaired) electrons. The third-order valence-corrected chi connectivity index (χ3v) is 5.31. The van der Waals surface area contributed by atoms with Crippen LogP contribution in [0.3, 0.4) is 0 Å². The van der Waals surface area contributed by atoms with E-state index < -0.39 is 11.0 Å².